The van der Waals surface area contributed by atoms with Crippen LogP contribution < -0.4 is 0 Å². The third kappa shape index (κ3) is 3.04. The summed E-state index contributed by atoms with van der Waals surface area (Å²) in [6.07, 6.45) is 6.56. The van der Waals surface area contributed by atoms with E-state index in [2.05, 4.69) is 29.5 Å². The standard InChI is InChI=1S/C10H17IO/c1-10(6-3-7-11)5-2-4-9(12)8-10/h2-8H2,1H3. The maximum absolute atomic E-state index is 11.2. The van der Waals surface area contributed by atoms with Gasteiger partial charge in [-0.1, -0.05) is 29.5 Å². The van der Waals surface area contributed by atoms with Crippen molar-refractivity contribution >= 4 is 28.4 Å². The average Bonchev–Trinajstić information content (AvgIpc) is 2.01. The highest BCUT2D eigenvalue weighted by Gasteiger charge is 2.30. The highest BCUT2D eigenvalue weighted by atomic mass is 127. The summed E-state index contributed by atoms with van der Waals surface area (Å²) < 4.78 is 1.22. The van der Waals surface area contributed by atoms with Gasteiger partial charge in [0.2, 0.25) is 0 Å². The molecular formula is C10H17IO. The number of hydrogen-bond donors (Lipinski definition) is 0. The van der Waals surface area contributed by atoms with Crippen LogP contribution in [0.25, 0.3) is 0 Å². The molecule has 70 valence electrons. The second-order valence-electron chi connectivity index (χ2n) is 4.17. The predicted molar refractivity (Wildman–Crippen MR) is 59.7 cm³/mol. The fraction of sp³-hybridized carbons (Fsp3) is 0.900. The van der Waals surface area contributed by atoms with Crippen molar-refractivity contribution in [3.63, 3.8) is 0 Å². The smallest absolute Gasteiger partial charge is 0.133 e. The van der Waals surface area contributed by atoms with Crippen molar-refractivity contribution in [2.45, 2.75) is 45.4 Å². The number of rotatable bonds is 3. The zero-order valence-corrected chi connectivity index (χ0v) is 9.89. The first-order valence-corrected chi connectivity index (χ1v) is 6.26. The number of halogens is 1. The zero-order chi connectivity index (χ0) is 9.03. The predicted octanol–water partition coefficient (Wildman–Crippen LogP) is 3.35. The van der Waals surface area contributed by atoms with Crippen molar-refractivity contribution in [3.05, 3.63) is 0 Å². The lowest BCUT2D eigenvalue weighted by molar-refractivity contribution is -0.123. The molecule has 12 heavy (non-hydrogen) atoms. The Morgan fingerprint density at radius 1 is 1.58 bits per heavy atom. The minimum atomic E-state index is 0.348. The van der Waals surface area contributed by atoms with Crippen molar-refractivity contribution in [2.75, 3.05) is 4.43 Å². The van der Waals surface area contributed by atoms with E-state index in [0.29, 0.717) is 11.2 Å². The average molecular weight is 280 g/mol. The summed E-state index contributed by atoms with van der Waals surface area (Å²) in [7, 11) is 0. The van der Waals surface area contributed by atoms with Crippen LogP contribution in [0.15, 0.2) is 0 Å². The number of carbonyl (C=O) groups is 1. The lowest BCUT2D eigenvalue weighted by Crippen LogP contribution is -2.25. The summed E-state index contributed by atoms with van der Waals surface area (Å²) in [6.45, 7) is 2.27. The molecule has 0 amide bonds. The SMILES string of the molecule is CC1(CCCI)CCCC(=O)C1. The molecule has 0 N–H and O–H groups in total. The van der Waals surface area contributed by atoms with Crippen LogP contribution in [-0.4, -0.2) is 10.2 Å². The molecule has 0 spiro atoms. The highest BCUT2D eigenvalue weighted by molar-refractivity contribution is 14.1. The van der Waals surface area contributed by atoms with Gasteiger partial charge in [-0.3, -0.25) is 4.79 Å². The van der Waals surface area contributed by atoms with Gasteiger partial charge in [0, 0.05) is 12.8 Å². The summed E-state index contributed by atoms with van der Waals surface area (Å²) in [4.78, 5) is 11.2. The van der Waals surface area contributed by atoms with E-state index >= 15 is 0 Å². The molecule has 0 aliphatic heterocycles. The molecule has 0 heterocycles. The molecular weight excluding hydrogens is 263 g/mol. The Morgan fingerprint density at radius 2 is 2.33 bits per heavy atom. The molecule has 0 radical (unpaired) electrons. The molecule has 1 nitrogen and oxygen atoms in total. The number of carbonyl (C=O) groups excluding carboxylic acids is 1. The second-order valence-corrected chi connectivity index (χ2v) is 5.25. The molecule has 0 bridgehead atoms. The van der Waals surface area contributed by atoms with Crippen LogP contribution in [0.5, 0.6) is 0 Å². The summed E-state index contributed by atoms with van der Waals surface area (Å²) in [6, 6.07) is 0. The maximum Gasteiger partial charge on any atom is 0.133 e. The third-order valence-electron chi connectivity index (χ3n) is 2.77. The molecule has 1 fully saturated rings. The lowest BCUT2D eigenvalue weighted by atomic mass is 9.72. The van der Waals surface area contributed by atoms with E-state index in [0.717, 1.165) is 19.3 Å². The molecule has 0 aromatic heterocycles. The third-order valence-corrected chi connectivity index (χ3v) is 3.54. The summed E-state index contributed by atoms with van der Waals surface area (Å²) in [5.74, 6) is 0.484. The highest BCUT2D eigenvalue weighted by Crippen LogP contribution is 2.38. The molecule has 1 unspecified atom stereocenters. The van der Waals surface area contributed by atoms with E-state index in [1.54, 1.807) is 0 Å². The first-order valence-electron chi connectivity index (χ1n) is 4.74. The first-order chi connectivity index (χ1) is 5.66. The van der Waals surface area contributed by atoms with E-state index in [9.17, 15) is 4.79 Å². The minimum absolute atomic E-state index is 0.348. The van der Waals surface area contributed by atoms with Crippen molar-refractivity contribution < 1.29 is 4.79 Å². The lowest BCUT2D eigenvalue weighted by Gasteiger charge is -2.32. The van der Waals surface area contributed by atoms with Crippen LogP contribution >= 0.6 is 22.6 Å². The second kappa shape index (κ2) is 4.58. The van der Waals surface area contributed by atoms with Gasteiger partial charge >= 0.3 is 0 Å². The fourth-order valence-corrected chi connectivity index (χ4v) is 2.45. The van der Waals surface area contributed by atoms with Gasteiger partial charge in [-0.2, -0.15) is 0 Å². The summed E-state index contributed by atoms with van der Waals surface area (Å²) in [5, 5.41) is 0. The summed E-state index contributed by atoms with van der Waals surface area (Å²) in [5.41, 5.74) is 0.348. The molecule has 1 aliphatic rings. The fourth-order valence-electron chi connectivity index (χ4n) is 2.07. The van der Waals surface area contributed by atoms with Crippen LogP contribution in [0.3, 0.4) is 0 Å². The molecule has 1 saturated carbocycles. The van der Waals surface area contributed by atoms with Gasteiger partial charge in [0.15, 0.2) is 0 Å². The summed E-state index contributed by atoms with van der Waals surface area (Å²) >= 11 is 2.41. The Labute approximate surface area is 88.4 Å². The van der Waals surface area contributed by atoms with Crippen LogP contribution in [0.4, 0.5) is 0 Å². The molecule has 2 heteroatoms. The molecule has 1 aliphatic carbocycles. The van der Waals surface area contributed by atoms with Gasteiger partial charge in [-0.25, -0.2) is 0 Å². The number of Topliss-reactive ketones (excluding diaryl/α,β-unsaturated/α-hetero) is 1. The molecule has 1 rings (SSSR count). The normalized spacial score (nSPS) is 30.7. The van der Waals surface area contributed by atoms with Gasteiger partial charge in [0.25, 0.3) is 0 Å². The van der Waals surface area contributed by atoms with E-state index in [1.165, 1.54) is 23.7 Å². The van der Waals surface area contributed by atoms with Gasteiger partial charge < -0.3 is 0 Å². The maximum atomic E-state index is 11.2. The quantitative estimate of drug-likeness (QED) is 0.572. The Balaban J connectivity index is 2.40. The molecule has 0 aromatic rings. The van der Waals surface area contributed by atoms with Gasteiger partial charge in [-0.15, -0.1) is 0 Å². The monoisotopic (exact) mass is 280 g/mol. The van der Waals surface area contributed by atoms with Gasteiger partial charge in [-0.05, 0) is 35.5 Å². The largest absolute Gasteiger partial charge is 0.300 e. The van der Waals surface area contributed by atoms with Crippen molar-refractivity contribution in [3.8, 4) is 0 Å². The first kappa shape index (κ1) is 10.5. The van der Waals surface area contributed by atoms with E-state index in [1.807, 2.05) is 0 Å². The van der Waals surface area contributed by atoms with E-state index in [4.69, 9.17) is 0 Å². The zero-order valence-electron chi connectivity index (χ0n) is 7.74. The van der Waals surface area contributed by atoms with Crippen LogP contribution in [0.1, 0.15) is 45.4 Å². The molecule has 0 aromatic carbocycles. The Kier molecular flexibility index (Phi) is 4.00. The van der Waals surface area contributed by atoms with Gasteiger partial charge in [0.1, 0.15) is 5.78 Å². The Bertz CT molecular complexity index is 167. The topological polar surface area (TPSA) is 17.1 Å². The van der Waals surface area contributed by atoms with Crippen LogP contribution in [-0.2, 0) is 4.79 Å². The Hall–Kier alpha value is 0.400. The minimum Gasteiger partial charge on any atom is -0.300 e. The van der Waals surface area contributed by atoms with Crippen molar-refractivity contribution in [2.24, 2.45) is 5.41 Å². The number of ketones is 1. The van der Waals surface area contributed by atoms with Crippen LogP contribution in [0, 0.1) is 5.41 Å². The molecule has 0 saturated heterocycles. The van der Waals surface area contributed by atoms with Crippen molar-refractivity contribution in [1.29, 1.82) is 0 Å². The Morgan fingerprint density at radius 3 is 2.92 bits per heavy atom. The van der Waals surface area contributed by atoms with E-state index in [-0.39, 0.29) is 0 Å². The van der Waals surface area contributed by atoms with Gasteiger partial charge in [0.05, 0.1) is 0 Å². The molecule has 1 atom stereocenters. The number of alkyl halides is 1. The van der Waals surface area contributed by atoms with E-state index < -0.39 is 0 Å². The number of hydrogen-bond acceptors (Lipinski definition) is 1. The van der Waals surface area contributed by atoms with Crippen molar-refractivity contribution in [1.82, 2.24) is 0 Å². The van der Waals surface area contributed by atoms with Crippen LogP contribution in [0.2, 0.25) is 0 Å².